The summed E-state index contributed by atoms with van der Waals surface area (Å²) in [4.78, 5) is 4.49. The molecule has 0 aromatic rings. The Morgan fingerprint density at radius 3 is 2.69 bits per heavy atom. The predicted octanol–water partition coefficient (Wildman–Crippen LogP) is 7.90. The van der Waals surface area contributed by atoms with E-state index in [9.17, 15) is 0 Å². The first kappa shape index (κ1) is 23.4. The van der Waals surface area contributed by atoms with E-state index in [4.69, 9.17) is 0 Å². The van der Waals surface area contributed by atoms with E-state index in [1.807, 2.05) is 5.57 Å². The Kier molecular flexibility index (Phi) is 6.67. The fraction of sp³-hybridized carbons (Fsp3) is 0.676. The van der Waals surface area contributed by atoms with Gasteiger partial charge in [0.05, 0.1) is 0 Å². The smallest absolute Gasteiger partial charge is 0.0435 e. The lowest BCUT2D eigenvalue weighted by molar-refractivity contribution is 0.152. The van der Waals surface area contributed by atoms with Crippen LogP contribution in [-0.4, -0.2) is 25.3 Å². The quantitative estimate of drug-likeness (QED) is 0.405. The largest absolute Gasteiger partial charge is 0.306 e. The Balaban J connectivity index is 1.02. The molecule has 5 atom stereocenters. The maximum Gasteiger partial charge on any atom is 0.0435 e. The topological polar surface area (TPSA) is 24.4 Å². The first-order valence-corrected chi connectivity index (χ1v) is 15.5. The number of fused-ring (bicyclic) bond motifs is 1. The van der Waals surface area contributed by atoms with Crippen LogP contribution >= 0.6 is 0 Å². The van der Waals surface area contributed by atoms with Gasteiger partial charge < -0.3 is 5.32 Å². The van der Waals surface area contributed by atoms with Crippen molar-refractivity contribution in [2.24, 2.45) is 40.5 Å². The summed E-state index contributed by atoms with van der Waals surface area (Å²) >= 11 is 0. The number of nitrogens with zero attached hydrogens (tertiary/aromatic N) is 1. The van der Waals surface area contributed by atoms with Crippen LogP contribution in [0, 0.1) is 35.5 Å². The van der Waals surface area contributed by atoms with Gasteiger partial charge in [0.2, 0.25) is 0 Å². The second kappa shape index (κ2) is 10.2. The van der Waals surface area contributed by atoms with Crippen LogP contribution < -0.4 is 5.32 Å². The fourth-order valence-electron chi connectivity index (χ4n) is 9.26. The van der Waals surface area contributed by atoms with E-state index in [0.717, 1.165) is 36.8 Å². The van der Waals surface area contributed by atoms with Crippen molar-refractivity contribution in [3.8, 4) is 0 Å². The lowest BCUT2D eigenvalue weighted by Crippen LogP contribution is -2.34. The van der Waals surface area contributed by atoms with Crippen molar-refractivity contribution >= 4 is 6.21 Å². The van der Waals surface area contributed by atoms with Crippen molar-refractivity contribution in [1.29, 1.82) is 0 Å². The Bertz CT molecular complexity index is 1020. The Morgan fingerprint density at radius 2 is 1.81 bits per heavy atom. The minimum Gasteiger partial charge on any atom is -0.306 e. The van der Waals surface area contributed by atoms with Gasteiger partial charge in [-0.15, -0.1) is 0 Å². The van der Waals surface area contributed by atoms with E-state index >= 15 is 0 Å². The normalized spacial score (nSPS) is 40.4. The summed E-state index contributed by atoms with van der Waals surface area (Å²) in [5.41, 5.74) is 8.85. The lowest BCUT2D eigenvalue weighted by Gasteiger charge is -2.44. The third kappa shape index (κ3) is 4.46. The summed E-state index contributed by atoms with van der Waals surface area (Å²) in [5.74, 6) is 4.98. The van der Waals surface area contributed by atoms with Gasteiger partial charge in [0.15, 0.2) is 0 Å². The van der Waals surface area contributed by atoms with Crippen LogP contribution in [0.15, 0.2) is 63.2 Å². The van der Waals surface area contributed by atoms with E-state index in [-0.39, 0.29) is 0 Å². The summed E-state index contributed by atoms with van der Waals surface area (Å²) in [5, 5.41) is 3.82. The molecule has 0 amide bonds. The molecule has 1 saturated carbocycles. The standard InChI is InChI=1S/C34H46N2/c1-2-6-26-19-27(14-11-23(26)5-1)31-16-15-30(32-7-3-4-8-33(31)32)25-12-9-24(10-13-25)29-20-34(36-22-29)28-17-18-35-21-28/h4,8,11,14,18,20,24-25,27-28,30,32,34,36H,1-3,5-7,9-10,12-13,15-17,19,21-22H2. The summed E-state index contributed by atoms with van der Waals surface area (Å²) in [6, 6.07) is 0.577. The number of allylic oxidation sites excluding steroid dienone is 8. The molecule has 1 fully saturated rings. The van der Waals surface area contributed by atoms with E-state index in [1.165, 1.54) is 89.9 Å². The molecule has 7 aliphatic rings. The molecular weight excluding hydrogens is 436 g/mol. The number of rotatable bonds is 4. The van der Waals surface area contributed by atoms with Crippen LogP contribution in [0.5, 0.6) is 0 Å². The van der Waals surface area contributed by atoms with Crippen LogP contribution in [0.2, 0.25) is 0 Å². The number of nitrogens with one attached hydrogen (secondary N) is 1. The number of hydrogen-bond acceptors (Lipinski definition) is 2. The molecule has 0 radical (unpaired) electrons. The maximum atomic E-state index is 4.49. The van der Waals surface area contributed by atoms with Crippen LogP contribution in [0.4, 0.5) is 0 Å². The van der Waals surface area contributed by atoms with Gasteiger partial charge in [0, 0.05) is 31.0 Å². The summed E-state index contributed by atoms with van der Waals surface area (Å²) in [6.45, 7) is 2.16. The van der Waals surface area contributed by atoms with Crippen molar-refractivity contribution in [1.82, 2.24) is 5.32 Å². The van der Waals surface area contributed by atoms with Crippen LogP contribution in [0.3, 0.4) is 0 Å². The van der Waals surface area contributed by atoms with Gasteiger partial charge in [-0.05, 0) is 131 Å². The first-order chi connectivity index (χ1) is 17.8. The zero-order chi connectivity index (χ0) is 23.9. The molecule has 1 N–H and O–H groups in total. The van der Waals surface area contributed by atoms with Crippen LogP contribution in [0.1, 0.15) is 89.9 Å². The zero-order valence-electron chi connectivity index (χ0n) is 22.3. The van der Waals surface area contributed by atoms with Crippen molar-refractivity contribution in [3.63, 3.8) is 0 Å². The van der Waals surface area contributed by atoms with E-state index in [2.05, 4.69) is 46.9 Å². The molecule has 0 aromatic heterocycles. The highest BCUT2D eigenvalue weighted by molar-refractivity contribution is 5.60. The molecule has 192 valence electrons. The monoisotopic (exact) mass is 482 g/mol. The molecule has 5 unspecified atom stereocenters. The third-order valence-corrected chi connectivity index (χ3v) is 11.3. The van der Waals surface area contributed by atoms with Gasteiger partial charge in [-0.1, -0.05) is 47.1 Å². The van der Waals surface area contributed by atoms with Crippen molar-refractivity contribution < 1.29 is 0 Å². The van der Waals surface area contributed by atoms with Gasteiger partial charge in [-0.2, -0.15) is 0 Å². The predicted molar refractivity (Wildman–Crippen MR) is 151 cm³/mol. The second-order valence-corrected chi connectivity index (χ2v) is 13.1. The highest BCUT2D eigenvalue weighted by Crippen LogP contribution is 2.51. The maximum absolute atomic E-state index is 4.49. The Hall–Kier alpha value is -1.67. The number of hydrogen-bond donors (Lipinski definition) is 1. The molecule has 0 aromatic carbocycles. The molecule has 0 bridgehead atoms. The molecule has 7 rings (SSSR count). The molecule has 2 aliphatic heterocycles. The van der Waals surface area contributed by atoms with E-state index in [0.29, 0.717) is 17.9 Å². The average molecular weight is 483 g/mol. The summed E-state index contributed by atoms with van der Waals surface area (Å²) < 4.78 is 0. The van der Waals surface area contributed by atoms with Gasteiger partial charge in [-0.25, -0.2) is 0 Å². The van der Waals surface area contributed by atoms with Crippen molar-refractivity contribution in [2.45, 2.75) is 95.9 Å². The van der Waals surface area contributed by atoms with E-state index in [1.54, 1.807) is 22.3 Å². The lowest BCUT2D eigenvalue weighted by atomic mass is 9.60. The molecular formula is C34H46N2. The van der Waals surface area contributed by atoms with Gasteiger partial charge in [-0.3, -0.25) is 4.99 Å². The highest BCUT2D eigenvalue weighted by atomic mass is 15.0. The molecule has 2 heteroatoms. The highest BCUT2D eigenvalue weighted by Gasteiger charge is 2.40. The van der Waals surface area contributed by atoms with Crippen molar-refractivity contribution in [3.05, 3.63) is 58.2 Å². The molecule has 5 aliphatic carbocycles. The minimum absolute atomic E-state index is 0.577. The number of aliphatic imine (C=N–C) groups is 1. The third-order valence-electron chi connectivity index (χ3n) is 11.3. The Labute approximate surface area is 219 Å². The molecule has 2 heterocycles. The summed E-state index contributed by atoms with van der Waals surface area (Å²) in [7, 11) is 0. The van der Waals surface area contributed by atoms with Crippen LogP contribution in [0.25, 0.3) is 0 Å². The fourth-order valence-corrected chi connectivity index (χ4v) is 9.26. The van der Waals surface area contributed by atoms with Gasteiger partial charge in [0.25, 0.3) is 0 Å². The average Bonchev–Trinajstić information content (AvgIpc) is 3.65. The van der Waals surface area contributed by atoms with E-state index < -0.39 is 0 Å². The second-order valence-electron chi connectivity index (χ2n) is 13.1. The molecule has 0 spiro atoms. The zero-order valence-corrected chi connectivity index (χ0v) is 22.3. The van der Waals surface area contributed by atoms with Gasteiger partial charge >= 0.3 is 0 Å². The van der Waals surface area contributed by atoms with Crippen molar-refractivity contribution in [2.75, 3.05) is 13.1 Å². The first-order valence-electron chi connectivity index (χ1n) is 15.5. The Morgan fingerprint density at radius 1 is 0.889 bits per heavy atom. The van der Waals surface area contributed by atoms with Crippen LogP contribution in [-0.2, 0) is 0 Å². The molecule has 2 nitrogen and oxygen atoms in total. The SMILES string of the molecule is C1=CC2=C(C3C=CC4=C(CCCC4)C3)CCC(C3CCC(C4=CC(C5CC=NC5)NC4)CC3)C2CC1. The molecule has 36 heavy (non-hydrogen) atoms. The molecule has 0 saturated heterocycles. The minimum atomic E-state index is 0.577. The van der Waals surface area contributed by atoms with Gasteiger partial charge in [0.1, 0.15) is 0 Å². The summed E-state index contributed by atoms with van der Waals surface area (Å²) in [6.07, 6.45) is 34.3.